The van der Waals surface area contributed by atoms with Crippen LogP contribution < -0.4 is 10.0 Å². The Hall–Kier alpha value is -2.75. The first kappa shape index (κ1) is 19.6. The van der Waals surface area contributed by atoms with E-state index in [4.69, 9.17) is 0 Å². The number of benzene rings is 2. The fraction of sp³-hybridized carbons (Fsp3) is 0.188. The van der Waals surface area contributed by atoms with Crippen molar-refractivity contribution in [2.75, 3.05) is 11.3 Å². The summed E-state index contributed by atoms with van der Waals surface area (Å²) in [4.78, 5) is 11.4. The zero-order chi connectivity index (χ0) is 19.5. The first-order chi connectivity index (χ1) is 12.0. The maximum absolute atomic E-state index is 12.3. The third-order valence-corrected chi connectivity index (χ3v) is 4.65. The lowest BCUT2D eigenvalue weighted by atomic mass is 10.2. The van der Waals surface area contributed by atoms with E-state index in [1.165, 1.54) is 12.1 Å². The van der Waals surface area contributed by atoms with Gasteiger partial charge in [-0.1, -0.05) is 6.07 Å². The Labute approximate surface area is 147 Å². The van der Waals surface area contributed by atoms with E-state index in [0.717, 1.165) is 29.8 Å². The molecular weight excluding hydrogens is 373 g/mol. The number of halogens is 3. The van der Waals surface area contributed by atoms with Crippen LogP contribution in [-0.2, 0) is 10.0 Å². The van der Waals surface area contributed by atoms with E-state index in [2.05, 4.69) is 4.72 Å². The average Bonchev–Trinajstić information content (AvgIpc) is 2.55. The highest BCUT2D eigenvalue weighted by atomic mass is 32.2. The van der Waals surface area contributed by atoms with Crippen molar-refractivity contribution in [3.63, 3.8) is 0 Å². The summed E-state index contributed by atoms with van der Waals surface area (Å²) in [5, 5.41) is 11.4. The van der Waals surface area contributed by atoms with Gasteiger partial charge < -0.3 is 10.4 Å². The molecule has 0 bridgehead atoms. The Balaban J connectivity index is 2.16. The molecule has 0 radical (unpaired) electrons. The van der Waals surface area contributed by atoms with Crippen LogP contribution in [0, 0.1) is 6.92 Å². The number of amides is 1. The minimum Gasteiger partial charge on any atom is -0.506 e. The number of aryl methyl sites for hydroxylation is 1. The van der Waals surface area contributed by atoms with Crippen LogP contribution in [0.2, 0.25) is 0 Å². The molecule has 1 amide bonds. The number of sulfonamides is 1. The van der Waals surface area contributed by atoms with Crippen molar-refractivity contribution in [2.45, 2.75) is 18.0 Å². The first-order valence-corrected chi connectivity index (χ1v) is 8.74. The minimum absolute atomic E-state index is 0.0167. The average molecular weight is 388 g/mol. The summed E-state index contributed by atoms with van der Waals surface area (Å²) in [6.07, 6.45) is -4.54. The number of phenols is 1. The van der Waals surface area contributed by atoms with E-state index in [1.54, 1.807) is 18.3 Å². The van der Waals surface area contributed by atoms with Crippen LogP contribution in [0.15, 0.2) is 47.4 Å². The Morgan fingerprint density at radius 1 is 1.12 bits per heavy atom. The molecule has 10 heteroatoms. The van der Waals surface area contributed by atoms with Crippen molar-refractivity contribution in [1.29, 1.82) is 0 Å². The molecular formula is C16H15F3N2O4S. The lowest BCUT2D eigenvalue weighted by molar-refractivity contribution is -0.123. The van der Waals surface area contributed by atoms with Gasteiger partial charge in [0.15, 0.2) is 0 Å². The highest BCUT2D eigenvalue weighted by Gasteiger charge is 2.28. The molecule has 0 spiro atoms. The fourth-order valence-corrected chi connectivity index (χ4v) is 3.07. The van der Waals surface area contributed by atoms with Crippen LogP contribution in [0.3, 0.4) is 0 Å². The van der Waals surface area contributed by atoms with Crippen molar-refractivity contribution in [3.05, 3.63) is 53.6 Å². The van der Waals surface area contributed by atoms with Gasteiger partial charge in [0.05, 0.1) is 10.6 Å². The maximum atomic E-state index is 12.3. The number of alkyl halides is 3. The molecule has 3 N–H and O–H groups in total. The van der Waals surface area contributed by atoms with Crippen LogP contribution in [0.1, 0.15) is 15.9 Å². The molecule has 0 aromatic heterocycles. The molecule has 0 saturated carbocycles. The molecule has 2 aromatic rings. The normalized spacial score (nSPS) is 11.8. The van der Waals surface area contributed by atoms with Crippen LogP contribution in [-0.4, -0.2) is 32.2 Å². The summed E-state index contributed by atoms with van der Waals surface area (Å²) >= 11 is 0. The number of carbonyl (C=O) groups is 1. The van der Waals surface area contributed by atoms with Gasteiger partial charge in [-0.15, -0.1) is 0 Å². The van der Waals surface area contributed by atoms with Gasteiger partial charge in [0.25, 0.3) is 15.9 Å². The number of carbonyl (C=O) groups excluding carboxylic acids is 1. The summed E-state index contributed by atoms with van der Waals surface area (Å²) in [6, 6.07) is 8.72. The Morgan fingerprint density at radius 2 is 1.73 bits per heavy atom. The van der Waals surface area contributed by atoms with Crippen LogP contribution in [0.4, 0.5) is 18.9 Å². The Morgan fingerprint density at radius 3 is 2.31 bits per heavy atom. The van der Waals surface area contributed by atoms with Gasteiger partial charge in [0.1, 0.15) is 12.3 Å². The van der Waals surface area contributed by atoms with Gasteiger partial charge in [-0.3, -0.25) is 9.52 Å². The molecule has 0 unspecified atom stereocenters. The number of rotatable bonds is 5. The first-order valence-electron chi connectivity index (χ1n) is 7.25. The Bertz CT molecular complexity index is 910. The van der Waals surface area contributed by atoms with E-state index in [0.29, 0.717) is 0 Å². The number of phenolic OH excluding ortho intramolecular Hbond substituents is 1. The monoisotopic (exact) mass is 388 g/mol. The molecule has 140 valence electrons. The number of anilines is 1. The number of aromatic hydroxyl groups is 1. The van der Waals surface area contributed by atoms with Gasteiger partial charge in [0.2, 0.25) is 0 Å². The smallest absolute Gasteiger partial charge is 0.405 e. The molecule has 0 fully saturated rings. The lowest BCUT2D eigenvalue weighted by Gasteiger charge is -2.11. The summed E-state index contributed by atoms with van der Waals surface area (Å²) in [5.74, 6) is -1.24. The van der Waals surface area contributed by atoms with Crippen LogP contribution in [0.25, 0.3) is 0 Å². The summed E-state index contributed by atoms with van der Waals surface area (Å²) in [5.41, 5.74) is 0.584. The quantitative estimate of drug-likeness (QED) is 0.687. The SMILES string of the molecule is Cc1ccc(O)c(NS(=O)(=O)c2ccc(C(=O)NCC(F)(F)F)cc2)c1. The Kier molecular flexibility index (Phi) is 5.45. The third kappa shape index (κ3) is 5.12. The second-order valence-corrected chi connectivity index (χ2v) is 7.13. The van der Waals surface area contributed by atoms with E-state index in [1.807, 2.05) is 0 Å². The van der Waals surface area contributed by atoms with Gasteiger partial charge in [-0.05, 0) is 48.9 Å². The standard InChI is InChI=1S/C16H15F3N2O4S/c1-10-2-7-14(22)13(8-10)21-26(24,25)12-5-3-11(4-6-12)15(23)20-9-16(17,18)19/h2-8,21-22H,9H2,1H3,(H,20,23). The van der Waals surface area contributed by atoms with Gasteiger partial charge in [-0.25, -0.2) is 8.42 Å². The van der Waals surface area contributed by atoms with Crippen molar-refractivity contribution < 1.29 is 31.5 Å². The predicted molar refractivity (Wildman–Crippen MR) is 88.5 cm³/mol. The molecule has 0 aliphatic carbocycles. The molecule has 0 heterocycles. The fourth-order valence-electron chi connectivity index (χ4n) is 2.00. The molecule has 2 aromatic carbocycles. The van der Waals surface area contributed by atoms with Crippen molar-refractivity contribution >= 4 is 21.6 Å². The second kappa shape index (κ2) is 7.24. The summed E-state index contributed by atoms with van der Waals surface area (Å²) in [7, 11) is -4.05. The zero-order valence-electron chi connectivity index (χ0n) is 13.5. The second-order valence-electron chi connectivity index (χ2n) is 5.45. The van der Waals surface area contributed by atoms with Crippen molar-refractivity contribution in [2.24, 2.45) is 0 Å². The molecule has 0 saturated heterocycles. The van der Waals surface area contributed by atoms with Gasteiger partial charge in [0, 0.05) is 5.56 Å². The molecule has 0 aliphatic heterocycles. The highest BCUT2D eigenvalue weighted by molar-refractivity contribution is 7.92. The van der Waals surface area contributed by atoms with E-state index >= 15 is 0 Å². The van der Waals surface area contributed by atoms with Gasteiger partial charge >= 0.3 is 6.18 Å². The summed E-state index contributed by atoms with van der Waals surface area (Å²) in [6.45, 7) is 0.228. The largest absolute Gasteiger partial charge is 0.506 e. The topological polar surface area (TPSA) is 95.5 Å². The number of hydrogen-bond donors (Lipinski definition) is 3. The van der Waals surface area contributed by atoms with Crippen molar-refractivity contribution in [3.8, 4) is 5.75 Å². The number of hydrogen-bond acceptors (Lipinski definition) is 4. The third-order valence-electron chi connectivity index (χ3n) is 3.27. The minimum atomic E-state index is -4.54. The van der Waals surface area contributed by atoms with E-state index < -0.39 is 28.7 Å². The zero-order valence-corrected chi connectivity index (χ0v) is 14.3. The van der Waals surface area contributed by atoms with Crippen LogP contribution >= 0.6 is 0 Å². The summed E-state index contributed by atoms with van der Waals surface area (Å²) < 4.78 is 63.2. The van der Waals surface area contributed by atoms with Crippen molar-refractivity contribution in [1.82, 2.24) is 5.32 Å². The predicted octanol–water partition coefficient (Wildman–Crippen LogP) is 2.79. The lowest BCUT2D eigenvalue weighted by Crippen LogP contribution is -2.33. The van der Waals surface area contributed by atoms with E-state index in [9.17, 15) is 31.5 Å². The van der Waals surface area contributed by atoms with Crippen LogP contribution in [0.5, 0.6) is 5.75 Å². The molecule has 26 heavy (non-hydrogen) atoms. The molecule has 6 nitrogen and oxygen atoms in total. The van der Waals surface area contributed by atoms with E-state index in [-0.39, 0.29) is 21.9 Å². The van der Waals surface area contributed by atoms with Gasteiger partial charge in [-0.2, -0.15) is 13.2 Å². The highest BCUT2D eigenvalue weighted by Crippen LogP contribution is 2.26. The molecule has 2 rings (SSSR count). The molecule has 0 aliphatic rings. The maximum Gasteiger partial charge on any atom is 0.405 e. The number of nitrogens with one attached hydrogen (secondary N) is 2. The molecule has 0 atom stereocenters.